The number of hydroxylamine groups is 2. The molecule has 1 heterocycles. The van der Waals surface area contributed by atoms with Gasteiger partial charge in [0.25, 0.3) is 0 Å². The largest absolute Gasteiger partial charge is 0.471 e. The van der Waals surface area contributed by atoms with Crippen molar-refractivity contribution in [3.05, 3.63) is 35.7 Å². The molecule has 2 aromatic rings. The van der Waals surface area contributed by atoms with Crippen molar-refractivity contribution in [1.29, 1.82) is 0 Å². The summed E-state index contributed by atoms with van der Waals surface area (Å²) in [7, 11) is 4.41. The number of urea groups is 1. The third-order valence-corrected chi connectivity index (χ3v) is 3.54. The minimum Gasteiger partial charge on any atom is -0.347 e. The topological polar surface area (TPSA) is 101 Å². The molecule has 0 saturated heterocycles. The van der Waals surface area contributed by atoms with Gasteiger partial charge in [-0.25, -0.2) is 4.79 Å². The average Bonchev–Trinajstić information content (AvgIpc) is 3.14. The van der Waals surface area contributed by atoms with E-state index in [1.165, 1.54) is 24.1 Å². The molecule has 1 aromatic carbocycles. The Bertz CT molecular complexity index is 820. The van der Waals surface area contributed by atoms with Crippen LogP contribution in [0, 0.1) is 0 Å². The van der Waals surface area contributed by atoms with E-state index in [2.05, 4.69) is 20.0 Å². The van der Waals surface area contributed by atoms with E-state index < -0.39 is 18.1 Å². The molecule has 0 saturated carbocycles. The van der Waals surface area contributed by atoms with Gasteiger partial charge in [-0.05, 0) is 5.56 Å². The van der Waals surface area contributed by atoms with Crippen LogP contribution < -0.4 is 5.32 Å². The molecule has 152 valence electrons. The molecule has 2 rings (SSSR count). The van der Waals surface area contributed by atoms with E-state index in [0.29, 0.717) is 11.1 Å². The summed E-state index contributed by atoms with van der Waals surface area (Å²) >= 11 is 0. The fraction of sp³-hybridized carbons (Fsp3) is 0.375. The summed E-state index contributed by atoms with van der Waals surface area (Å²) in [4.78, 5) is 33.2. The first-order chi connectivity index (χ1) is 13.1. The van der Waals surface area contributed by atoms with Gasteiger partial charge >= 0.3 is 18.1 Å². The molecule has 9 nitrogen and oxygen atoms in total. The van der Waals surface area contributed by atoms with E-state index in [9.17, 15) is 22.8 Å². The van der Waals surface area contributed by atoms with Crippen LogP contribution >= 0.6 is 0 Å². The second kappa shape index (κ2) is 8.69. The Kier molecular flexibility index (Phi) is 6.57. The van der Waals surface area contributed by atoms with Crippen LogP contribution in [0.3, 0.4) is 0 Å². The highest BCUT2D eigenvalue weighted by atomic mass is 19.4. The number of carbonyl (C=O) groups excluding carboxylic acids is 2. The number of rotatable bonds is 6. The molecule has 28 heavy (non-hydrogen) atoms. The van der Waals surface area contributed by atoms with Crippen LogP contribution in [0.2, 0.25) is 0 Å². The van der Waals surface area contributed by atoms with Gasteiger partial charge < -0.3 is 14.7 Å². The maximum Gasteiger partial charge on any atom is 0.471 e. The molecule has 0 spiro atoms. The number of carbonyl (C=O) groups is 2. The van der Waals surface area contributed by atoms with Crippen LogP contribution in [0.1, 0.15) is 11.5 Å². The van der Waals surface area contributed by atoms with Gasteiger partial charge in [0, 0.05) is 19.7 Å². The average molecular weight is 401 g/mol. The van der Waals surface area contributed by atoms with Crippen LogP contribution in [0.5, 0.6) is 0 Å². The quantitative estimate of drug-likeness (QED) is 0.743. The van der Waals surface area contributed by atoms with Gasteiger partial charge in [-0.15, -0.1) is 0 Å². The number of likely N-dealkylation sites (N-methyl/N-ethyl adjacent to an activating group) is 1. The monoisotopic (exact) mass is 401 g/mol. The zero-order valence-corrected chi connectivity index (χ0v) is 15.3. The zero-order chi connectivity index (χ0) is 20.9. The summed E-state index contributed by atoms with van der Waals surface area (Å²) in [5.41, 5.74) is 0.937. The maximum absolute atomic E-state index is 12.5. The second-order valence-electron chi connectivity index (χ2n) is 5.78. The van der Waals surface area contributed by atoms with Gasteiger partial charge in [-0.1, -0.05) is 29.4 Å². The van der Waals surface area contributed by atoms with Crippen molar-refractivity contribution < 1.29 is 32.1 Å². The van der Waals surface area contributed by atoms with E-state index >= 15 is 0 Å². The van der Waals surface area contributed by atoms with Gasteiger partial charge in [0.15, 0.2) is 0 Å². The third kappa shape index (κ3) is 5.42. The van der Waals surface area contributed by atoms with Crippen molar-refractivity contribution >= 4 is 11.9 Å². The molecule has 12 heteroatoms. The Balaban J connectivity index is 2.01. The predicted octanol–water partition coefficient (Wildman–Crippen LogP) is 1.92. The Morgan fingerprint density at radius 3 is 2.36 bits per heavy atom. The molecule has 0 aliphatic rings. The number of aromatic nitrogens is 2. The Hall–Kier alpha value is -3.15. The molecular formula is C16H18F3N5O4. The first-order valence-corrected chi connectivity index (χ1v) is 7.91. The van der Waals surface area contributed by atoms with E-state index in [-0.39, 0.29) is 24.8 Å². The van der Waals surface area contributed by atoms with Crippen LogP contribution in [-0.4, -0.2) is 59.8 Å². The van der Waals surface area contributed by atoms with E-state index in [0.717, 1.165) is 5.06 Å². The molecule has 3 amide bonds. The Morgan fingerprint density at radius 1 is 1.21 bits per heavy atom. The molecule has 1 N–H and O–H groups in total. The molecule has 0 aliphatic carbocycles. The molecule has 0 atom stereocenters. The number of nitrogens with one attached hydrogen (secondary N) is 1. The summed E-state index contributed by atoms with van der Waals surface area (Å²) in [6, 6.07) is 5.50. The molecule has 0 radical (unpaired) electrons. The number of halogens is 3. The molecule has 0 fully saturated rings. The highest BCUT2D eigenvalue weighted by molar-refractivity contribution is 5.83. The third-order valence-electron chi connectivity index (χ3n) is 3.54. The lowest BCUT2D eigenvalue weighted by Gasteiger charge is -2.20. The summed E-state index contributed by atoms with van der Waals surface area (Å²) in [6.45, 7) is -0.150. The van der Waals surface area contributed by atoms with Crippen LogP contribution in [0.25, 0.3) is 11.4 Å². The van der Waals surface area contributed by atoms with Crippen molar-refractivity contribution in [3.63, 3.8) is 0 Å². The summed E-state index contributed by atoms with van der Waals surface area (Å²) < 4.78 is 41.7. The van der Waals surface area contributed by atoms with Crippen molar-refractivity contribution in [2.24, 2.45) is 0 Å². The smallest absolute Gasteiger partial charge is 0.347 e. The molecule has 1 aromatic heterocycles. The van der Waals surface area contributed by atoms with E-state index in [1.54, 1.807) is 26.2 Å². The van der Waals surface area contributed by atoms with Crippen LogP contribution in [0.4, 0.5) is 18.0 Å². The number of alkyl halides is 3. The number of nitrogens with zero attached hydrogens (tertiary/aromatic N) is 4. The van der Waals surface area contributed by atoms with Crippen LogP contribution in [0.15, 0.2) is 28.8 Å². The lowest BCUT2D eigenvalue weighted by atomic mass is 10.1. The summed E-state index contributed by atoms with van der Waals surface area (Å²) in [5, 5.41) is 6.72. The fourth-order valence-corrected chi connectivity index (χ4v) is 2.00. The highest BCUT2D eigenvalue weighted by Crippen LogP contribution is 2.29. The molecule has 0 aliphatic heterocycles. The second-order valence-corrected chi connectivity index (χ2v) is 5.78. The van der Waals surface area contributed by atoms with Gasteiger partial charge in [0.1, 0.15) is 0 Å². The first-order valence-electron chi connectivity index (χ1n) is 7.91. The molecule has 0 bridgehead atoms. The number of amides is 3. The number of benzene rings is 1. The summed E-state index contributed by atoms with van der Waals surface area (Å²) in [5.74, 6) is -1.92. The lowest BCUT2D eigenvalue weighted by molar-refractivity contribution is -0.159. The van der Waals surface area contributed by atoms with Gasteiger partial charge in [-0.3, -0.25) is 9.63 Å². The SMILES string of the molecule is CON(Cc1ccc(-c2noc(C(F)(F)F)n2)cc1)C(=O)NCC(=O)N(C)C. The fourth-order valence-electron chi connectivity index (χ4n) is 2.00. The Labute approximate surface area is 158 Å². The van der Waals surface area contributed by atoms with Crippen LogP contribution in [-0.2, 0) is 22.4 Å². The summed E-state index contributed by atoms with van der Waals surface area (Å²) in [6.07, 6.45) is -4.72. The minimum atomic E-state index is -4.72. The molecule has 0 unspecified atom stereocenters. The normalized spacial score (nSPS) is 11.2. The maximum atomic E-state index is 12.5. The minimum absolute atomic E-state index is 0.0405. The lowest BCUT2D eigenvalue weighted by Crippen LogP contribution is -2.43. The van der Waals surface area contributed by atoms with Crippen molar-refractivity contribution in [3.8, 4) is 11.4 Å². The zero-order valence-electron chi connectivity index (χ0n) is 15.3. The predicted molar refractivity (Wildman–Crippen MR) is 89.4 cm³/mol. The number of hydrogen-bond acceptors (Lipinski definition) is 6. The standard InChI is InChI=1S/C16H18F3N5O4/c1-23(2)12(25)8-20-15(26)24(27-3)9-10-4-6-11(7-5-10)13-21-14(28-22-13)16(17,18)19/h4-7H,8-9H2,1-3H3,(H,20,26). The van der Waals surface area contributed by atoms with E-state index in [1.807, 2.05) is 0 Å². The van der Waals surface area contributed by atoms with Gasteiger partial charge in [-0.2, -0.15) is 23.2 Å². The van der Waals surface area contributed by atoms with Crippen molar-refractivity contribution in [2.45, 2.75) is 12.7 Å². The van der Waals surface area contributed by atoms with Crippen molar-refractivity contribution in [1.82, 2.24) is 25.4 Å². The van der Waals surface area contributed by atoms with E-state index in [4.69, 9.17) is 4.84 Å². The van der Waals surface area contributed by atoms with Crippen molar-refractivity contribution in [2.75, 3.05) is 27.7 Å². The van der Waals surface area contributed by atoms with Gasteiger partial charge in [0.05, 0.1) is 20.2 Å². The number of hydrogen-bond donors (Lipinski definition) is 1. The first kappa shape index (κ1) is 21.2. The van der Waals surface area contributed by atoms with Gasteiger partial charge in [0.2, 0.25) is 11.7 Å². The highest BCUT2D eigenvalue weighted by Gasteiger charge is 2.38. The Morgan fingerprint density at radius 2 is 1.86 bits per heavy atom. The molecular weight excluding hydrogens is 383 g/mol.